The van der Waals surface area contributed by atoms with Crippen molar-refractivity contribution < 1.29 is 18.0 Å². The van der Waals surface area contributed by atoms with Crippen molar-refractivity contribution in [2.24, 2.45) is 11.8 Å². The molecule has 1 fully saturated rings. The SMILES string of the molecule is CC(C)CN(C[C@@H]1CN(Cc2ccc(F)c(F)c2)C[C@H]1c1ccc(F)cc1)C(=O)c1ccccc1. The van der Waals surface area contributed by atoms with Crippen LogP contribution in [0.15, 0.2) is 72.8 Å². The number of likely N-dealkylation sites (tertiary alicyclic amines) is 1. The van der Waals surface area contributed by atoms with E-state index in [1.807, 2.05) is 35.2 Å². The van der Waals surface area contributed by atoms with Gasteiger partial charge in [-0.3, -0.25) is 9.69 Å². The fourth-order valence-electron chi connectivity index (χ4n) is 4.99. The second kappa shape index (κ2) is 11.1. The predicted molar refractivity (Wildman–Crippen MR) is 131 cm³/mol. The molecule has 0 aromatic heterocycles. The number of amides is 1. The average molecular weight is 481 g/mol. The maximum Gasteiger partial charge on any atom is 0.253 e. The molecule has 35 heavy (non-hydrogen) atoms. The third kappa shape index (κ3) is 6.31. The lowest BCUT2D eigenvalue weighted by atomic mass is 9.88. The Morgan fingerprint density at radius 3 is 2.31 bits per heavy atom. The maximum atomic E-state index is 13.8. The highest BCUT2D eigenvalue weighted by molar-refractivity contribution is 5.94. The topological polar surface area (TPSA) is 23.6 Å². The molecule has 0 spiro atoms. The Kier molecular flexibility index (Phi) is 7.91. The number of hydrogen-bond acceptors (Lipinski definition) is 2. The Labute approximate surface area is 205 Å². The summed E-state index contributed by atoms with van der Waals surface area (Å²) in [6.07, 6.45) is 0. The van der Waals surface area contributed by atoms with E-state index >= 15 is 0 Å². The third-order valence-electron chi connectivity index (χ3n) is 6.55. The Morgan fingerprint density at radius 2 is 1.66 bits per heavy atom. The summed E-state index contributed by atoms with van der Waals surface area (Å²) in [5.41, 5.74) is 2.37. The van der Waals surface area contributed by atoms with Crippen molar-refractivity contribution in [3.05, 3.63) is 107 Å². The minimum absolute atomic E-state index is 0.00351. The quantitative estimate of drug-likeness (QED) is 0.388. The minimum atomic E-state index is -0.860. The van der Waals surface area contributed by atoms with Gasteiger partial charge in [0.05, 0.1) is 0 Å². The number of halogens is 3. The first-order valence-electron chi connectivity index (χ1n) is 12.1. The van der Waals surface area contributed by atoms with E-state index in [4.69, 9.17) is 0 Å². The zero-order valence-electron chi connectivity index (χ0n) is 20.1. The molecule has 3 aromatic rings. The summed E-state index contributed by atoms with van der Waals surface area (Å²) >= 11 is 0. The smallest absolute Gasteiger partial charge is 0.253 e. The van der Waals surface area contributed by atoms with Gasteiger partial charge in [0.2, 0.25) is 0 Å². The number of carbonyl (C=O) groups is 1. The molecule has 0 saturated carbocycles. The standard InChI is InChI=1S/C29H31F3N2O/c1-20(2)15-34(29(35)23-6-4-3-5-7-23)18-24-17-33(16-21-8-13-27(31)28(32)14-21)19-26(24)22-9-11-25(30)12-10-22/h3-14,20,24,26H,15-19H2,1-2H3/t24-,26-/m0/s1. The zero-order chi connectivity index (χ0) is 24.9. The second-order valence-electron chi connectivity index (χ2n) is 9.83. The van der Waals surface area contributed by atoms with E-state index in [0.29, 0.717) is 49.8 Å². The lowest BCUT2D eigenvalue weighted by Gasteiger charge is -2.30. The molecule has 6 heteroatoms. The van der Waals surface area contributed by atoms with Gasteiger partial charge in [0.25, 0.3) is 5.91 Å². The van der Waals surface area contributed by atoms with Gasteiger partial charge in [-0.1, -0.05) is 50.2 Å². The largest absolute Gasteiger partial charge is 0.338 e. The van der Waals surface area contributed by atoms with Gasteiger partial charge in [0, 0.05) is 44.2 Å². The fraction of sp³-hybridized carbons (Fsp3) is 0.345. The van der Waals surface area contributed by atoms with Crippen LogP contribution in [-0.4, -0.2) is 41.9 Å². The summed E-state index contributed by atoms with van der Waals surface area (Å²) in [7, 11) is 0. The monoisotopic (exact) mass is 480 g/mol. The van der Waals surface area contributed by atoms with Gasteiger partial charge in [-0.2, -0.15) is 0 Å². The lowest BCUT2D eigenvalue weighted by molar-refractivity contribution is 0.0703. The summed E-state index contributed by atoms with van der Waals surface area (Å²) in [5.74, 6) is -1.52. The van der Waals surface area contributed by atoms with Gasteiger partial charge in [-0.05, 0) is 59.4 Å². The lowest BCUT2D eigenvalue weighted by Crippen LogP contribution is -2.39. The van der Waals surface area contributed by atoms with Crippen molar-refractivity contribution in [3.8, 4) is 0 Å². The molecule has 0 bridgehead atoms. The van der Waals surface area contributed by atoms with E-state index in [1.165, 1.54) is 18.2 Å². The molecule has 0 aliphatic carbocycles. The van der Waals surface area contributed by atoms with Gasteiger partial charge in [0.15, 0.2) is 11.6 Å². The first-order chi connectivity index (χ1) is 16.8. The number of rotatable bonds is 8. The van der Waals surface area contributed by atoms with Crippen LogP contribution in [0.25, 0.3) is 0 Å². The van der Waals surface area contributed by atoms with Crippen molar-refractivity contribution in [2.45, 2.75) is 26.3 Å². The molecule has 0 N–H and O–H groups in total. The third-order valence-corrected chi connectivity index (χ3v) is 6.55. The van der Waals surface area contributed by atoms with E-state index in [2.05, 4.69) is 18.7 Å². The summed E-state index contributed by atoms with van der Waals surface area (Å²) in [6, 6.07) is 19.8. The number of nitrogens with zero attached hydrogens (tertiary/aromatic N) is 2. The molecule has 1 heterocycles. The van der Waals surface area contributed by atoms with Crippen LogP contribution in [-0.2, 0) is 6.54 Å². The normalized spacial score (nSPS) is 18.2. The fourth-order valence-corrected chi connectivity index (χ4v) is 4.99. The van der Waals surface area contributed by atoms with Crippen molar-refractivity contribution >= 4 is 5.91 Å². The second-order valence-corrected chi connectivity index (χ2v) is 9.83. The molecular formula is C29H31F3N2O. The highest BCUT2D eigenvalue weighted by atomic mass is 19.2. The van der Waals surface area contributed by atoms with Crippen LogP contribution in [0.4, 0.5) is 13.2 Å². The Hall–Kier alpha value is -3.12. The number of carbonyl (C=O) groups excluding carboxylic acids is 1. The van der Waals surface area contributed by atoms with E-state index in [-0.39, 0.29) is 23.6 Å². The highest BCUT2D eigenvalue weighted by Crippen LogP contribution is 2.35. The van der Waals surface area contributed by atoms with Crippen LogP contribution in [0.5, 0.6) is 0 Å². The van der Waals surface area contributed by atoms with E-state index < -0.39 is 11.6 Å². The van der Waals surface area contributed by atoms with Gasteiger partial charge in [-0.25, -0.2) is 13.2 Å². The molecule has 3 aromatic carbocycles. The van der Waals surface area contributed by atoms with Gasteiger partial charge in [0.1, 0.15) is 5.82 Å². The van der Waals surface area contributed by atoms with Crippen molar-refractivity contribution in [1.29, 1.82) is 0 Å². The van der Waals surface area contributed by atoms with Gasteiger partial charge in [-0.15, -0.1) is 0 Å². The van der Waals surface area contributed by atoms with Crippen LogP contribution in [0, 0.1) is 29.3 Å². The molecule has 0 radical (unpaired) electrons. The van der Waals surface area contributed by atoms with Crippen LogP contribution < -0.4 is 0 Å². The summed E-state index contributed by atoms with van der Waals surface area (Å²) in [5, 5.41) is 0. The van der Waals surface area contributed by atoms with Crippen LogP contribution in [0.3, 0.4) is 0 Å². The van der Waals surface area contributed by atoms with Crippen LogP contribution in [0.1, 0.15) is 41.3 Å². The molecule has 2 atom stereocenters. The highest BCUT2D eigenvalue weighted by Gasteiger charge is 2.36. The van der Waals surface area contributed by atoms with Crippen molar-refractivity contribution in [3.63, 3.8) is 0 Å². The maximum absolute atomic E-state index is 13.8. The molecule has 1 saturated heterocycles. The molecule has 3 nitrogen and oxygen atoms in total. The molecule has 4 rings (SSSR count). The molecule has 1 amide bonds. The number of benzene rings is 3. The molecule has 1 aliphatic rings. The summed E-state index contributed by atoms with van der Waals surface area (Å²) in [4.78, 5) is 17.5. The van der Waals surface area contributed by atoms with E-state index in [1.54, 1.807) is 18.2 Å². The molecule has 1 aliphatic heterocycles. The minimum Gasteiger partial charge on any atom is -0.338 e. The Bertz CT molecular complexity index is 1130. The van der Waals surface area contributed by atoms with Crippen molar-refractivity contribution in [2.75, 3.05) is 26.2 Å². The first-order valence-corrected chi connectivity index (χ1v) is 12.1. The Morgan fingerprint density at radius 1 is 0.943 bits per heavy atom. The van der Waals surface area contributed by atoms with E-state index in [9.17, 15) is 18.0 Å². The van der Waals surface area contributed by atoms with Gasteiger partial charge < -0.3 is 4.90 Å². The predicted octanol–water partition coefficient (Wildman–Crippen LogP) is 6.12. The number of hydrogen-bond donors (Lipinski definition) is 0. The zero-order valence-corrected chi connectivity index (χ0v) is 20.1. The summed E-state index contributed by atoms with van der Waals surface area (Å²) in [6.45, 7) is 7.22. The molecule has 0 unspecified atom stereocenters. The Balaban J connectivity index is 1.58. The van der Waals surface area contributed by atoms with Crippen LogP contribution >= 0.6 is 0 Å². The van der Waals surface area contributed by atoms with Gasteiger partial charge >= 0.3 is 0 Å². The van der Waals surface area contributed by atoms with E-state index in [0.717, 1.165) is 11.6 Å². The molecular weight excluding hydrogens is 449 g/mol. The van der Waals surface area contributed by atoms with Crippen LogP contribution in [0.2, 0.25) is 0 Å². The van der Waals surface area contributed by atoms with Crippen molar-refractivity contribution in [1.82, 2.24) is 9.80 Å². The first kappa shape index (κ1) is 25.0. The summed E-state index contributed by atoms with van der Waals surface area (Å²) < 4.78 is 40.8. The molecule has 184 valence electrons. The average Bonchev–Trinajstić information content (AvgIpc) is 3.23.